The number of hydrogen-bond donors (Lipinski definition) is 0. The zero-order chi connectivity index (χ0) is 13.7. The number of hydrogen-bond acceptors (Lipinski definition) is 5. The Kier molecular flexibility index (Phi) is 5.00. The molecule has 0 saturated heterocycles. The zero-order valence-electron chi connectivity index (χ0n) is 10.3. The van der Waals surface area contributed by atoms with Crippen molar-refractivity contribution >= 4 is 27.7 Å². The van der Waals surface area contributed by atoms with Crippen molar-refractivity contribution in [1.82, 2.24) is 10.1 Å². The quantitative estimate of drug-likeness (QED) is 0.776. The van der Waals surface area contributed by atoms with Gasteiger partial charge in [0.05, 0.1) is 17.7 Å². The molecule has 6 heteroatoms. The highest BCUT2D eigenvalue weighted by Crippen LogP contribution is 2.29. The van der Waals surface area contributed by atoms with Crippen LogP contribution < -0.4 is 0 Å². The van der Waals surface area contributed by atoms with Crippen molar-refractivity contribution in [3.63, 3.8) is 0 Å². The van der Waals surface area contributed by atoms with Crippen molar-refractivity contribution in [3.8, 4) is 6.07 Å². The Labute approximate surface area is 124 Å². The molecule has 98 valence electrons. The minimum absolute atomic E-state index is 0.107. The molecule has 0 N–H and O–H groups in total. The lowest BCUT2D eigenvalue weighted by Gasteiger charge is -2.00. The molecule has 19 heavy (non-hydrogen) atoms. The summed E-state index contributed by atoms with van der Waals surface area (Å²) in [6, 6.07) is 10.1. The molecule has 2 aromatic rings. The number of thioether (sulfide) groups is 1. The third-order valence-electron chi connectivity index (χ3n) is 2.40. The van der Waals surface area contributed by atoms with E-state index in [4.69, 9.17) is 9.78 Å². The second kappa shape index (κ2) is 6.73. The van der Waals surface area contributed by atoms with Gasteiger partial charge in [-0.25, -0.2) is 0 Å². The SMILES string of the molecule is CC(C#N)Cc1nc(CSc2ccccc2Br)no1. The van der Waals surface area contributed by atoms with E-state index in [0.29, 0.717) is 23.9 Å². The zero-order valence-corrected chi connectivity index (χ0v) is 12.7. The molecule has 1 aromatic heterocycles. The summed E-state index contributed by atoms with van der Waals surface area (Å²) in [4.78, 5) is 5.42. The van der Waals surface area contributed by atoms with Crippen LogP contribution in [0.25, 0.3) is 0 Å². The van der Waals surface area contributed by atoms with Crippen LogP contribution in [-0.4, -0.2) is 10.1 Å². The second-order valence-electron chi connectivity index (χ2n) is 4.06. The molecule has 0 fully saturated rings. The highest BCUT2D eigenvalue weighted by atomic mass is 79.9. The van der Waals surface area contributed by atoms with Crippen LogP contribution in [0, 0.1) is 17.2 Å². The predicted octanol–water partition coefficient (Wildman–Crippen LogP) is 3.83. The van der Waals surface area contributed by atoms with Gasteiger partial charge in [0.25, 0.3) is 0 Å². The highest BCUT2D eigenvalue weighted by molar-refractivity contribution is 9.10. The van der Waals surface area contributed by atoms with Crippen LogP contribution in [0.15, 0.2) is 38.2 Å². The van der Waals surface area contributed by atoms with E-state index in [1.807, 2.05) is 31.2 Å². The van der Waals surface area contributed by atoms with Gasteiger partial charge >= 0.3 is 0 Å². The Bertz CT molecular complexity index is 594. The molecule has 1 heterocycles. The summed E-state index contributed by atoms with van der Waals surface area (Å²) in [5.41, 5.74) is 0. The van der Waals surface area contributed by atoms with Gasteiger partial charge in [0.2, 0.25) is 5.89 Å². The highest BCUT2D eigenvalue weighted by Gasteiger charge is 2.11. The van der Waals surface area contributed by atoms with E-state index in [0.717, 1.165) is 9.37 Å². The van der Waals surface area contributed by atoms with Crippen LogP contribution in [0.5, 0.6) is 0 Å². The Morgan fingerprint density at radius 1 is 1.47 bits per heavy atom. The lowest BCUT2D eigenvalue weighted by atomic mass is 10.1. The van der Waals surface area contributed by atoms with Gasteiger partial charge in [0.1, 0.15) is 0 Å². The van der Waals surface area contributed by atoms with Crippen LogP contribution >= 0.6 is 27.7 Å². The molecule has 1 unspecified atom stereocenters. The molecule has 0 radical (unpaired) electrons. The van der Waals surface area contributed by atoms with Gasteiger partial charge in [0.15, 0.2) is 5.82 Å². The largest absolute Gasteiger partial charge is 0.339 e. The molecule has 0 saturated carbocycles. The number of nitrogens with zero attached hydrogens (tertiary/aromatic N) is 3. The van der Waals surface area contributed by atoms with Crippen molar-refractivity contribution in [3.05, 3.63) is 40.5 Å². The first-order chi connectivity index (χ1) is 9.19. The van der Waals surface area contributed by atoms with E-state index in [-0.39, 0.29) is 5.92 Å². The van der Waals surface area contributed by atoms with Crippen LogP contribution in [0.4, 0.5) is 0 Å². The fraction of sp³-hybridized carbons (Fsp3) is 0.308. The number of halogens is 1. The third kappa shape index (κ3) is 4.08. The maximum absolute atomic E-state index is 8.74. The minimum atomic E-state index is -0.107. The van der Waals surface area contributed by atoms with Crippen LogP contribution in [0.3, 0.4) is 0 Å². The Morgan fingerprint density at radius 2 is 2.26 bits per heavy atom. The molecule has 0 aliphatic rings. The number of rotatable bonds is 5. The van der Waals surface area contributed by atoms with E-state index in [1.165, 1.54) is 0 Å². The van der Waals surface area contributed by atoms with Gasteiger partial charge in [0, 0.05) is 15.8 Å². The summed E-state index contributed by atoms with van der Waals surface area (Å²) in [5.74, 6) is 1.72. The van der Waals surface area contributed by atoms with Crippen molar-refractivity contribution < 1.29 is 4.52 Å². The molecule has 2 rings (SSSR count). The average molecular weight is 338 g/mol. The number of benzene rings is 1. The summed E-state index contributed by atoms with van der Waals surface area (Å²) in [6.45, 7) is 1.83. The van der Waals surface area contributed by atoms with Gasteiger partial charge < -0.3 is 4.52 Å². The molecule has 0 aliphatic heterocycles. The van der Waals surface area contributed by atoms with E-state index in [1.54, 1.807) is 11.8 Å². The molecular weight excluding hydrogens is 326 g/mol. The van der Waals surface area contributed by atoms with Crippen molar-refractivity contribution in [2.45, 2.75) is 24.0 Å². The maximum Gasteiger partial charge on any atom is 0.227 e. The smallest absolute Gasteiger partial charge is 0.227 e. The van der Waals surface area contributed by atoms with Gasteiger partial charge in [-0.3, -0.25) is 0 Å². The summed E-state index contributed by atoms with van der Waals surface area (Å²) in [5, 5.41) is 12.7. The Morgan fingerprint density at radius 3 is 3.00 bits per heavy atom. The summed E-state index contributed by atoms with van der Waals surface area (Å²) < 4.78 is 6.18. The van der Waals surface area contributed by atoms with E-state index in [9.17, 15) is 0 Å². The number of aromatic nitrogens is 2. The van der Waals surface area contributed by atoms with Crippen molar-refractivity contribution in [1.29, 1.82) is 5.26 Å². The van der Waals surface area contributed by atoms with Crippen molar-refractivity contribution in [2.75, 3.05) is 0 Å². The lowest BCUT2D eigenvalue weighted by Crippen LogP contribution is -1.96. The molecule has 1 aromatic carbocycles. The topological polar surface area (TPSA) is 62.7 Å². The molecule has 0 spiro atoms. The Balaban J connectivity index is 1.94. The first kappa shape index (κ1) is 14.1. The molecular formula is C13H12BrN3OS. The number of nitriles is 1. The fourth-order valence-electron chi connectivity index (χ4n) is 1.44. The third-order valence-corrected chi connectivity index (χ3v) is 4.43. The average Bonchev–Trinajstić information content (AvgIpc) is 2.85. The molecule has 1 atom stereocenters. The molecule has 0 amide bonds. The van der Waals surface area contributed by atoms with Crippen LogP contribution in [-0.2, 0) is 12.2 Å². The summed E-state index contributed by atoms with van der Waals surface area (Å²) in [6.07, 6.45) is 0.503. The standard InChI is InChI=1S/C13H12BrN3OS/c1-9(7-15)6-13-16-12(17-18-13)8-19-11-5-3-2-4-10(11)14/h2-5,9H,6,8H2,1H3. The summed E-state index contributed by atoms with van der Waals surface area (Å²) in [7, 11) is 0. The van der Waals surface area contributed by atoms with Gasteiger partial charge in [-0.05, 0) is 35.0 Å². The van der Waals surface area contributed by atoms with E-state index >= 15 is 0 Å². The first-order valence-electron chi connectivity index (χ1n) is 5.77. The second-order valence-corrected chi connectivity index (χ2v) is 5.93. The van der Waals surface area contributed by atoms with E-state index < -0.39 is 0 Å². The lowest BCUT2D eigenvalue weighted by molar-refractivity contribution is 0.366. The van der Waals surface area contributed by atoms with Gasteiger partial charge in [-0.2, -0.15) is 10.2 Å². The monoisotopic (exact) mass is 337 g/mol. The Hall–Kier alpha value is -1.32. The van der Waals surface area contributed by atoms with Crippen LogP contribution in [0.1, 0.15) is 18.6 Å². The molecule has 0 aliphatic carbocycles. The predicted molar refractivity (Wildman–Crippen MR) is 76.5 cm³/mol. The normalized spacial score (nSPS) is 12.1. The molecule has 0 bridgehead atoms. The first-order valence-corrected chi connectivity index (χ1v) is 7.55. The van der Waals surface area contributed by atoms with Crippen molar-refractivity contribution in [2.24, 2.45) is 5.92 Å². The van der Waals surface area contributed by atoms with Crippen LogP contribution in [0.2, 0.25) is 0 Å². The maximum atomic E-state index is 8.74. The molecule has 4 nitrogen and oxygen atoms in total. The van der Waals surface area contributed by atoms with Gasteiger partial charge in [-0.1, -0.05) is 17.3 Å². The fourth-order valence-corrected chi connectivity index (χ4v) is 2.85. The summed E-state index contributed by atoms with van der Waals surface area (Å²) >= 11 is 5.14. The minimum Gasteiger partial charge on any atom is -0.339 e. The van der Waals surface area contributed by atoms with Gasteiger partial charge in [-0.15, -0.1) is 11.8 Å². The van der Waals surface area contributed by atoms with E-state index in [2.05, 4.69) is 32.1 Å².